The highest BCUT2D eigenvalue weighted by Gasteiger charge is 2.15. The van der Waals surface area contributed by atoms with Crippen LogP contribution in [0.25, 0.3) is 0 Å². The average molecular weight is 302 g/mol. The molecule has 0 radical (unpaired) electrons. The molecule has 5 nitrogen and oxygen atoms in total. The van der Waals surface area contributed by atoms with Crippen molar-refractivity contribution in [2.45, 2.75) is 19.3 Å². The van der Waals surface area contributed by atoms with Crippen LogP contribution in [0.2, 0.25) is 0 Å². The molecular weight excluding hydrogens is 283 g/mol. The van der Waals surface area contributed by atoms with Gasteiger partial charge < -0.3 is 15.0 Å². The van der Waals surface area contributed by atoms with Crippen LogP contribution in [0.15, 0.2) is 30.3 Å². The standard InChI is InChI=1S/C16H19FN4O/c1-22-15-11-14(21-9-3-2-4-10-21)19-16(20-15)18-13-7-5-12(17)6-8-13/h5-8,11H,2-4,9-10H2,1H3,(H,18,19,20). The zero-order valence-corrected chi connectivity index (χ0v) is 12.6. The number of benzene rings is 1. The lowest BCUT2D eigenvalue weighted by Crippen LogP contribution is -2.30. The molecule has 0 atom stereocenters. The first kappa shape index (κ1) is 14.6. The molecule has 2 aromatic rings. The molecule has 2 heterocycles. The van der Waals surface area contributed by atoms with Crippen molar-refractivity contribution in [2.24, 2.45) is 0 Å². The zero-order valence-electron chi connectivity index (χ0n) is 12.6. The van der Waals surface area contributed by atoms with Gasteiger partial charge in [-0.25, -0.2) is 4.39 Å². The monoisotopic (exact) mass is 302 g/mol. The number of nitrogens with one attached hydrogen (secondary N) is 1. The quantitative estimate of drug-likeness (QED) is 0.938. The number of anilines is 3. The number of ether oxygens (including phenoxy) is 1. The minimum Gasteiger partial charge on any atom is -0.481 e. The van der Waals surface area contributed by atoms with Crippen LogP contribution >= 0.6 is 0 Å². The van der Waals surface area contributed by atoms with Gasteiger partial charge in [-0.05, 0) is 43.5 Å². The molecule has 6 heteroatoms. The molecule has 1 saturated heterocycles. The van der Waals surface area contributed by atoms with Crippen molar-refractivity contribution in [3.8, 4) is 5.88 Å². The second kappa shape index (κ2) is 6.60. The van der Waals surface area contributed by atoms with Crippen LogP contribution in [0.1, 0.15) is 19.3 Å². The maximum Gasteiger partial charge on any atom is 0.232 e. The van der Waals surface area contributed by atoms with Gasteiger partial charge in [-0.1, -0.05) is 0 Å². The molecule has 0 spiro atoms. The van der Waals surface area contributed by atoms with E-state index < -0.39 is 0 Å². The Morgan fingerprint density at radius 1 is 1.09 bits per heavy atom. The van der Waals surface area contributed by atoms with E-state index in [9.17, 15) is 4.39 Å². The normalized spacial score (nSPS) is 14.7. The van der Waals surface area contributed by atoms with E-state index in [1.807, 2.05) is 6.07 Å². The third-order valence-electron chi connectivity index (χ3n) is 3.68. The molecule has 1 N–H and O–H groups in total. The average Bonchev–Trinajstić information content (AvgIpc) is 2.57. The van der Waals surface area contributed by atoms with Crippen molar-refractivity contribution in [3.63, 3.8) is 0 Å². The van der Waals surface area contributed by atoms with Crippen LogP contribution < -0.4 is 15.0 Å². The number of rotatable bonds is 4. The van der Waals surface area contributed by atoms with Gasteiger partial charge in [-0.15, -0.1) is 0 Å². The lowest BCUT2D eigenvalue weighted by atomic mass is 10.1. The Morgan fingerprint density at radius 3 is 2.50 bits per heavy atom. The summed E-state index contributed by atoms with van der Waals surface area (Å²) in [4.78, 5) is 11.1. The summed E-state index contributed by atoms with van der Waals surface area (Å²) in [5.74, 6) is 1.55. The predicted molar refractivity (Wildman–Crippen MR) is 84.3 cm³/mol. The van der Waals surface area contributed by atoms with E-state index in [1.54, 1.807) is 19.2 Å². The van der Waals surface area contributed by atoms with Crippen LogP contribution in [0.4, 0.5) is 21.8 Å². The molecule has 0 bridgehead atoms. The Balaban J connectivity index is 1.84. The first-order valence-corrected chi connectivity index (χ1v) is 7.45. The topological polar surface area (TPSA) is 50.3 Å². The highest BCUT2D eigenvalue weighted by Crippen LogP contribution is 2.24. The number of piperidine rings is 1. The minimum atomic E-state index is -0.272. The van der Waals surface area contributed by atoms with Gasteiger partial charge >= 0.3 is 0 Å². The molecule has 0 saturated carbocycles. The lowest BCUT2D eigenvalue weighted by molar-refractivity contribution is 0.397. The van der Waals surface area contributed by atoms with Gasteiger partial charge in [0, 0.05) is 24.8 Å². The molecule has 1 aromatic heterocycles. The summed E-state index contributed by atoms with van der Waals surface area (Å²) >= 11 is 0. The number of hydrogen-bond donors (Lipinski definition) is 1. The van der Waals surface area contributed by atoms with E-state index in [0.717, 1.165) is 24.6 Å². The van der Waals surface area contributed by atoms with Crippen LogP contribution in [0.3, 0.4) is 0 Å². The van der Waals surface area contributed by atoms with E-state index in [2.05, 4.69) is 20.2 Å². The summed E-state index contributed by atoms with van der Waals surface area (Å²) in [6.07, 6.45) is 3.61. The summed E-state index contributed by atoms with van der Waals surface area (Å²) < 4.78 is 18.2. The van der Waals surface area contributed by atoms with Crippen molar-refractivity contribution in [1.29, 1.82) is 0 Å². The Kier molecular flexibility index (Phi) is 4.37. The fraction of sp³-hybridized carbons (Fsp3) is 0.375. The maximum absolute atomic E-state index is 13.0. The van der Waals surface area contributed by atoms with E-state index in [-0.39, 0.29) is 5.82 Å². The largest absolute Gasteiger partial charge is 0.481 e. The van der Waals surface area contributed by atoms with Gasteiger partial charge in [-0.2, -0.15) is 9.97 Å². The molecule has 0 unspecified atom stereocenters. The molecule has 1 aliphatic heterocycles. The molecule has 0 amide bonds. The van der Waals surface area contributed by atoms with Crippen molar-refractivity contribution in [1.82, 2.24) is 9.97 Å². The maximum atomic E-state index is 13.0. The third kappa shape index (κ3) is 3.44. The zero-order chi connectivity index (χ0) is 15.4. The molecular formula is C16H19FN4O. The van der Waals surface area contributed by atoms with E-state index in [4.69, 9.17) is 4.74 Å². The highest BCUT2D eigenvalue weighted by molar-refractivity contribution is 5.56. The molecule has 0 aliphatic carbocycles. The van der Waals surface area contributed by atoms with E-state index in [0.29, 0.717) is 11.8 Å². The van der Waals surface area contributed by atoms with Gasteiger partial charge in [-0.3, -0.25) is 0 Å². The number of methoxy groups -OCH3 is 1. The van der Waals surface area contributed by atoms with Gasteiger partial charge in [0.2, 0.25) is 11.8 Å². The minimum absolute atomic E-state index is 0.272. The second-order valence-electron chi connectivity index (χ2n) is 5.27. The van der Waals surface area contributed by atoms with E-state index in [1.165, 1.54) is 31.4 Å². The van der Waals surface area contributed by atoms with Crippen molar-refractivity contribution in [3.05, 3.63) is 36.1 Å². The van der Waals surface area contributed by atoms with Crippen LogP contribution in [-0.4, -0.2) is 30.2 Å². The van der Waals surface area contributed by atoms with E-state index >= 15 is 0 Å². The molecule has 1 aromatic carbocycles. The first-order chi connectivity index (χ1) is 10.7. The number of nitrogens with zero attached hydrogens (tertiary/aromatic N) is 3. The summed E-state index contributed by atoms with van der Waals surface area (Å²) in [6, 6.07) is 7.95. The van der Waals surface area contributed by atoms with Crippen molar-refractivity contribution < 1.29 is 9.13 Å². The van der Waals surface area contributed by atoms with Crippen LogP contribution in [0, 0.1) is 5.82 Å². The van der Waals surface area contributed by atoms with Crippen LogP contribution in [0.5, 0.6) is 5.88 Å². The lowest BCUT2D eigenvalue weighted by Gasteiger charge is -2.28. The molecule has 1 aliphatic rings. The summed E-state index contributed by atoms with van der Waals surface area (Å²) in [7, 11) is 1.59. The summed E-state index contributed by atoms with van der Waals surface area (Å²) in [5, 5.41) is 3.09. The highest BCUT2D eigenvalue weighted by atomic mass is 19.1. The number of hydrogen-bond acceptors (Lipinski definition) is 5. The Bertz CT molecular complexity index is 627. The third-order valence-corrected chi connectivity index (χ3v) is 3.68. The van der Waals surface area contributed by atoms with Crippen molar-refractivity contribution in [2.75, 3.05) is 30.4 Å². The Hall–Kier alpha value is -2.37. The molecule has 1 fully saturated rings. The predicted octanol–water partition coefficient (Wildman–Crippen LogP) is 3.36. The fourth-order valence-corrected chi connectivity index (χ4v) is 2.52. The van der Waals surface area contributed by atoms with Gasteiger partial charge in [0.15, 0.2) is 0 Å². The Labute approximate surface area is 129 Å². The summed E-state index contributed by atoms with van der Waals surface area (Å²) in [5.41, 5.74) is 0.735. The fourth-order valence-electron chi connectivity index (χ4n) is 2.52. The second-order valence-corrected chi connectivity index (χ2v) is 5.27. The van der Waals surface area contributed by atoms with Gasteiger partial charge in [0.25, 0.3) is 0 Å². The van der Waals surface area contributed by atoms with Gasteiger partial charge in [0.05, 0.1) is 7.11 Å². The van der Waals surface area contributed by atoms with Crippen LogP contribution in [-0.2, 0) is 0 Å². The summed E-state index contributed by atoms with van der Waals surface area (Å²) in [6.45, 7) is 1.99. The molecule has 22 heavy (non-hydrogen) atoms. The smallest absolute Gasteiger partial charge is 0.232 e. The van der Waals surface area contributed by atoms with Gasteiger partial charge in [0.1, 0.15) is 11.6 Å². The van der Waals surface area contributed by atoms with Crippen molar-refractivity contribution >= 4 is 17.5 Å². The SMILES string of the molecule is COc1cc(N2CCCCC2)nc(Nc2ccc(F)cc2)n1. The Morgan fingerprint density at radius 2 is 1.82 bits per heavy atom. The molecule has 116 valence electrons. The first-order valence-electron chi connectivity index (χ1n) is 7.45. The number of aromatic nitrogens is 2. The molecule has 3 rings (SSSR count). The number of halogens is 1.